The molecule has 0 fully saturated rings. The molecule has 0 saturated carbocycles. The van der Waals surface area contributed by atoms with Crippen LogP contribution in [-0.2, 0) is 0 Å². The quantitative estimate of drug-likeness (QED) is 0.177. The summed E-state index contributed by atoms with van der Waals surface area (Å²) >= 11 is 0. The maximum Gasteiger partial charge on any atom is 0.148 e. The lowest BCUT2D eigenvalue weighted by Crippen LogP contribution is -2.35. The molecule has 4 nitrogen and oxygen atoms in total. The molecule has 2 aromatic heterocycles. The van der Waals surface area contributed by atoms with Crippen molar-refractivity contribution in [3.8, 4) is 44.8 Å². The van der Waals surface area contributed by atoms with Gasteiger partial charge in [0.1, 0.15) is 11.9 Å². The Bertz CT molecular complexity index is 2660. The second kappa shape index (κ2) is 12.5. The first-order valence-electron chi connectivity index (χ1n) is 17.8. The van der Waals surface area contributed by atoms with Crippen LogP contribution in [0.4, 0.5) is 5.69 Å². The van der Waals surface area contributed by atoms with E-state index in [0.717, 1.165) is 72.6 Å². The minimum absolute atomic E-state index is 0.102. The van der Waals surface area contributed by atoms with E-state index in [1.54, 1.807) is 0 Å². The molecular weight excluding hydrogens is 633 g/mol. The normalized spacial score (nSPS) is 16.4. The highest BCUT2D eigenvalue weighted by Gasteiger charge is 2.35. The van der Waals surface area contributed by atoms with Crippen LogP contribution in [0.1, 0.15) is 11.7 Å². The zero-order chi connectivity index (χ0) is 34.4. The largest absolute Gasteiger partial charge is 0.334 e. The van der Waals surface area contributed by atoms with Crippen LogP contribution in [0.5, 0.6) is 0 Å². The third kappa shape index (κ3) is 4.91. The number of fused-ring (bicyclic) bond motifs is 4. The predicted octanol–water partition coefficient (Wildman–Crippen LogP) is 11.6. The minimum Gasteiger partial charge on any atom is -0.334 e. The van der Waals surface area contributed by atoms with Gasteiger partial charge in [0, 0.05) is 33.3 Å². The lowest BCUT2D eigenvalue weighted by atomic mass is 9.91. The molecule has 0 amide bonds. The minimum atomic E-state index is -0.135. The van der Waals surface area contributed by atoms with Crippen LogP contribution < -0.4 is 4.90 Å². The van der Waals surface area contributed by atoms with E-state index in [0.29, 0.717) is 0 Å². The van der Waals surface area contributed by atoms with Crippen molar-refractivity contribution in [2.45, 2.75) is 12.2 Å². The molecular formula is C48H34N4. The number of hydrogen-bond donors (Lipinski definition) is 0. The molecule has 0 N–H and O–H groups in total. The molecule has 0 bridgehead atoms. The van der Waals surface area contributed by atoms with Crippen molar-refractivity contribution in [1.29, 1.82) is 0 Å². The van der Waals surface area contributed by atoms with E-state index >= 15 is 0 Å². The molecule has 3 heterocycles. The van der Waals surface area contributed by atoms with Gasteiger partial charge in [-0.25, -0.2) is 4.52 Å². The summed E-state index contributed by atoms with van der Waals surface area (Å²) in [5, 5.41) is 7.87. The molecule has 1 aliphatic carbocycles. The summed E-state index contributed by atoms with van der Waals surface area (Å²) in [4.78, 5) is 7.67. The van der Waals surface area contributed by atoms with Crippen molar-refractivity contribution >= 4 is 27.7 Å². The van der Waals surface area contributed by atoms with Crippen molar-refractivity contribution in [3.63, 3.8) is 0 Å². The number of pyridine rings is 1. The number of anilines is 1. The van der Waals surface area contributed by atoms with Crippen LogP contribution in [0.3, 0.4) is 0 Å². The van der Waals surface area contributed by atoms with E-state index in [2.05, 4.69) is 204 Å². The SMILES string of the molecule is C1=CC2=NC(c3ccc(-c4c(-c5ccccc5)n5nc(-c6ccccc6)c(-c6ccccc6)c5c5ccccc45)cc3)N(c3ccccc3)C2C=C1. The van der Waals surface area contributed by atoms with Gasteiger partial charge in [0.2, 0.25) is 0 Å². The first-order valence-corrected chi connectivity index (χ1v) is 17.8. The van der Waals surface area contributed by atoms with Gasteiger partial charge in [-0.15, -0.1) is 0 Å². The number of hydrogen-bond acceptors (Lipinski definition) is 3. The second-order valence-corrected chi connectivity index (χ2v) is 13.3. The number of nitrogens with zero attached hydrogens (tertiary/aromatic N) is 4. The third-order valence-corrected chi connectivity index (χ3v) is 10.3. The second-order valence-electron chi connectivity index (χ2n) is 13.3. The van der Waals surface area contributed by atoms with Crippen LogP contribution in [0.15, 0.2) is 199 Å². The van der Waals surface area contributed by atoms with Crippen LogP contribution in [-0.4, -0.2) is 21.4 Å². The third-order valence-electron chi connectivity index (χ3n) is 10.3. The first-order chi connectivity index (χ1) is 25.8. The van der Waals surface area contributed by atoms with E-state index < -0.39 is 0 Å². The molecule has 2 aliphatic rings. The Morgan fingerprint density at radius 3 is 1.75 bits per heavy atom. The fourth-order valence-corrected chi connectivity index (χ4v) is 7.99. The Balaban J connectivity index is 1.22. The molecule has 0 saturated heterocycles. The fourth-order valence-electron chi connectivity index (χ4n) is 7.99. The van der Waals surface area contributed by atoms with E-state index in [1.165, 1.54) is 5.39 Å². The number of aromatic nitrogens is 2. The number of para-hydroxylation sites is 1. The molecule has 10 rings (SSSR count). The van der Waals surface area contributed by atoms with Crippen LogP contribution >= 0.6 is 0 Å². The highest BCUT2D eigenvalue weighted by molar-refractivity contribution is 6.15. The van der Waals surface area contributed by atoms with Crippen LogP contribution in [0.2, 0.25) is 0 Å². The molecule has 6 aromatic carbocycles. The summed E-state index contributed by atoms with van der Waals surface area (Å²) in [6, 6.07) is 60.5. The summed E-state index contributed by atoms with van der Waals surface area (Å²) < 4.78 is 2.20. The number of allylic oxidation sites excluding steroid dienone is 2. The maximum atomic E-state index is 5.52. The lowest BCUT2D eigenvalue weighted by Gasteiger charge is -2.31. The zero-order valence-corrected chi connectivity index (χ0v) is 28.4. The van der Waals surface area contributed by atoms with Gasteiger partial charge in [-0.3, -0.25) is 4.99 Å². The molecule has 0 spiro atoms. The van der Waals surface area contributed by atoms with Gasteiger partial charge < -0.3 is 4.90 Å². The van der Waals surface area contributed by atoms with E-state index in [4.69, 9.17) is 10.1 Å². The summed E-state index contributed by atoms with van der Waals surface area (Å²) in [5.41, 5.74) is 13.3. The average Bonchev–Trinajstić information content (AvgIpc) is 3.82. The molecule has 246 valence electrons. The van der Waals surface area contributed by atoms with Crippen molar-refractivity contribution in [1.82, 2.24) is 9.61 Å². The monoisotopic (exact) mass is 666 g/mol. The molecule has 8 aromatic rings. The first kappa shape index (κ1) is 30.1. The highest BCUT2D eigenvalue weighted by Crippen LogP contribution is 2.46. The number of benzene rings is 6. The van der Waals surface area contributed by atoms with Gasteiger partial charge in [-0.1, -0.05) is 176 Å². The zero-order valence-electron chi connectivity index (χ0n) is 28.4. The van der Waals surface area contributed by atoms with Gasteiger partial charge in [0.05, 0.1) is 23.0 Å². The summed E-state index contributed by atoms with van der Waals surface area (Å²) in [6.07, 6.45) is 8.45. The van der Waals surface area contributed by atoms with Gasteiger partial charge >= 0.3 is 0 Å². The number of rotatable bonds is 6. The summed E-state index contributed by atoms with van der Waals surface area (Å²) in [5.74, 6) is 0. The van der Waals surface area contributed by atoms with Gasteiger partial charge in [0.25, 0.3) is 0 Å². The summed E-state index contributed by atoms with van der Waals surface area (Å²) in [7, 11) is 0. The van der Waals surface area contributed by atoms with Crippen LogP contribution in [0.25, 0.3) is 61.1 Å². The fraction of sp³-hybridized carbons (Fsp3) is 0.0417. The summed E-state index contributed by atoms with van der Waals surface area (Å²) in [6.45, 7) is 0. The Labute approximate surface area is 303 Å². The molecule has 1 aliphatic heterocycles. The van der Waals surface area contributed by atoms with Crippen LogP contribution in [0, 0.1) is 0 Å². The number of aliphatic imine (C=N–C) groups is 1. The van der Waals surface area contributed by atoms with Crippen molar-refractivity contribution < 1.29 is 0 Å². The lowest BCUT2D eigenvalue weighted by molar-refractivity contribution is 0.696. The molecule has 4 heteroatoms. The van der Waals surface area contributed by atoms with Crippen molar-refractivity contribution in [2.75, 3.05) is 4.90 Å². The van der Waals surface area contributed by atoms with E-state index in [9.17, 15) is 0 Å². The van der Waals surface area contributed by atoms with Gasteiger partial charge in [-0.2, -0.15) is 5.10 Å². The topological polar surface area (TPSA) is 32.9 Å². The predicted molar refractivity (Wildman–Crippen MR) is 216 cm³/mol. The molecule has 0 radical (unpaired) electrons. The average molecular weight is 667 g/mol. The van der Waals surface area contributed by atoms with E-state index in [1.807, 2.05) is 0 Å². The highest BCUT2D eigenvalue weighted by atomic mass is 15.3. The Hall–Kier alpha value is -6.78. The Morgan fingerprint density at radius 1 is 0.481 bits per heavy atom. The van der Waals surface area contributed by atoms with Crippen molar-refractivity contribution in [2.24, 2.45) is 4.99 Å². The van der Waals surface area contributed by atoms with Crippen molar-refractivity contribution in [3.05, 3.63) is 200 Å². The smallest absolute Gasteiger partial charge is 0.148 e. The maximum absolute atomic E-state index is 5.52. The van der Waals surface area contributed by atoms with Gasteiger partial charge in [-0.05, 0) is 40.3 Å². The molecule has 2 atom stereocenters. The van der Waals surface area contributed by atoms with E-state index in [-0.39, 0.29) is 12.2 Å². The molecule has 52 heavy (non-hydrogen) atoms. The molecule has 2 unspecified atom stereocenters. The standard InChI is InChI=1S/C48H34N4/c1-5-17-33(18-6-1)44-45(35-19-7-2-8-20-35)50-52-46(36-21-9-3-10-22-36)43(39-25-13-14-26-40(39)47(44)52)34-29-31-37(32-30-34)48-49-41-27-15-16-28-42(41)51(48)38-23-11-4-12-24-38/h1-32,42,48H. The Morgan fingerprint density at radius 2 is 1.06 bits per heavy atom. The Kier molecular flexibility index (Phi) is 7.24. The van der Waals surface area contributed by atoms with Gasteiger partial charge in [0.15, 0.2) is 0 Å².